The third-order valence-corrected chi connectivity index (χ3v) is 5.53. The first-order chi connectivity index (χ1) is 13.4. The molecule has 0 radical (unpaired) electrons. The van der Waals surface area contributed by atoms with Gasteiger partial charge in [-0.1, -0.05) is 74.0 Å². The summed E-state index contributed by atoms with van der Waals surface area (Å²) in [6.45, 7) is 8.33. The van der Waals surface area contributed by atoms with Gasteiger partial charge in [-0.25, -0.2) is 9.80 Å². The van der Waals surface area contributed by atoms with Crippen molar-refractivity contribution in [3.05, 3.63) is 71.8 Å². The van der Waals surface area contributed by atoms with E-state index in [9.17, 15) is 4.79 Å². The molecule has 2 aromatic carbocycles. The van der Waals surface area contributed by atoms with Crippen LogP contribution in [0.25, 0.3) is 0 Å². The van der Waals surface area contributed by atoms with E-state index in [2.05, 4.69) is 43.4 Å². The number of urea groups is 1. The van der Waals surface area contributed by atoms with Gasteiger partial charge in [-0.3, -0.25) is 0 Å². The molecule has 0 bridgehead atoms. The maximum atomic E-state index is 13.1. The highest BCUT2D eigenvalue weighted by Crippen LogP contribution is 2.34. The lowest BCUT2D eigenvalue weighted by Gasteiger charge is -2.31. The Bertz CT molecular complexity index is 814. The third kappa shape index (κ3) is 4.27. The van der Waals surface area contributed by atoms with Gasteiger partial charge >= 0.3 is 6.03 Å². The van der Waals surface area contributed by atoms with Gasteiger partial charge in [0, 0.05) is 11.6 Å². The zero-order valence-corrected chi connectivity index (χ0v) is 17.4. The standard InChI is InChI=1S/C24H31N3O/c1-5-6-17-21-22(19-13-9-7-10-14-19)18(2)27(26-21)23(28)25-24(3,4)20-15-11-8-12-16-20/h7-16,18,22H,5-6,17H2,1-4H3,(H,25,28). The van der Waals surface area contributed by atoms with Crippen molar-refractivity contribution in [3.63, 3.8) is 0 Å². The van der Waals surface area contributed by atoms with Crippen molar-refractivity contribution >= 4 is 11.7 Å². The second kappa shape index (κ2) is 8.59. The first-order valence-corrected chi connectivity index (χ1v) is 10.2. The summed E-state index contributed by atoms with van der Waals surface area (Å²) in [7, 11) is 0. The maximum absolute atomic E-state index is 13.1. The molecule has 1 N–H and O–H groups in total. The largest absolute Gasteiger partial charge is 0.338 e. The van der Waals surface area contributed by atoms with E-state index in [1.54, 1.807) is 5.01 Å². The van der Waals surface area contributed by atoms with Gasteiger partial charge in [0.25, 0.3) is 0 Å². The molecule has 4 nitrogen and oxygen atoms in total. The fraction of sp³-hybridized carbons (Fsp3) is 0.417. The van der Waals surface area contributed by atoms with E-state index < -0.39 is 5.54 Å². The van der Waals surface area contributed by atoms with Crippen LogP contribution in [0, 0.1) is 0 Å². The minimum atomic E-state index is -0.470. The number of hydrogen-bond acceptors (Lipinski definition) is 2. The Kier molecular flexibility index (Phi) is 6.18. The number of carbonyl (C=O) groups is 1. The van der Waals surface area contributed by atoms with Crippen LogP contribution in [0.4, 0.5) is 4.79 Å². The first kappa shape index (κ1) is 20.1. The van der Waals surface area contributed by atoms with Crippen molar-refractivity contribution in [1.82, 2.24) is 10.3 Å². The average Bonchev–Trinajstić information content (AvgIpc) is 3.03. The quantitative estimate of drug-likeness (QED) is 0.693. The molecule has 2 unspecified atom stereocenters. The van der Waals surface area contributed by atoms with Gasteiger partial charge in [0.1, 0.15) is 0 Å². The molecule has 2 amide bonds. The minimum absolute atomic E-state index is 0.0131. The van der Waals surface area contributed by atoms with Crippen LogP contribution in [0.1, 0.15) is 64.0 Å². The molecule has 0 aromatic heterocycles. The van der Waals surface area contributed by atoms with Gasteiger partial charge in [-0.05, 0) is 44.7 Å². The zero-order chi connectivity index (χ0) is 20.1. The van der Waals surface area contributed by atoms with E-state index in [0.29, 0.717) is 0 Å². The normalized spacial score (nSPS) is 19.4. The molecule has 1 aliphatic heterocycles. The second-order valence-corrected chi connectivity index (χ2v) is 8.09. The number of rotatable bonds is 6. The van der Waals surface area contributed by atoms with E-state index in [1.807, 2.05) is 50.2 Å². The van der Waals surface area contributed by atoms with Crippen molar-refractivity contribution in [1.29, 1.82) is 0 Å². The summed E-state index contributed by atoms with van der Waals surface area (Å²) < 4.78 is 0. The molecular weight excluding hydrogens is 346 g/mol. The Hall–Kier alpha value is -2.62. The summed E-state index contributed by atoms with van der Waals surface area (Å²) in [5.41, 5.74) is 2.93. The molecule has 0 fully saturated rings. The van der Waals surface area contributed by atoms with Gasteiger partial charge in [0.15, 0.2) is 0 Å². The van der Waals surface area contributed by atoms with Gasteiger partial charge < -0.3 is 5.32 Å². The summed E-state index contributed by atoms with van der Waals surface area (Å²) in [5.74, 6) is 0.151. The van der Waals surface area contributed by atoms with Crippen molar-refractivity contribution < 1.29 is 4.79 Å². The minimum Gasteiger partial charge on any atom is -0.328 e. The van der Waals surface area contributed by atoms with Crippen molar-refractivity contribution in [3.8, 4) is 0 Å². The third-order valence-electron chi connectivity index (χ3n) is 5.53. The Morgan fingerprint density at radius 2 is 1.68 bits per heavy atom. The summed E-state index contributed by atoms with van der Waals surface area (Å²) >= 11 is 0. The molecule has 0 saturated carbocycles. The van der Waals surface area contributed by atoms with Gasteiger partial charge in [-0.2, -0.15) is 5.10 Å². The molecule has 1 aliphatic rings. The number of benzene rings is 2. The van der Waals surface area contributed by atoms with Crippen LogP contribution in [-0.4, -0.2) is 22.8 Å². The van der Waals surface area contributed by atoms with E-state index in [1.165, 1.54) is 5.56 Å². The predicted molar refractivity (Wildman–Crippen MR) is 115 cm³/mol. The molecular formula is C24H31N3O. The van der Waals surface area contributed by atoms with Crippen molar-refractivity contribution in [2.45, 2.75) is 64.5 Å². The fourth-order valence-electron chi connectivity index (χ4n) is 3.89. The SMILES string of the molecule is CCCCC1=NN(C(=O)NC(C)(C)c2ccccc2)C(C)C1c1ccccc1. The van der Waals surface area contributed by atoms with Crippen LogP contribution >= 0.6 is 0 Å². The number of hydrogen-bond donors (Lipinski definition) is 1. The highest BCUT2D eigenvalue weighted by atomic mass is 16.2. The van der Waals surface area contributed by atoms with Gasteiger partial charge in [0.2, 0.25) is 0 Å². The fourth-order valence-corrected chi connectivity index (χ4v) is 3.89. The average molecular weight is 378 g/mol. The van der Waals surface area contributed by atoms with E-state index >= 15 is 0 Å². The summed E-state index contributed by atoms with van der Waals surface area (Å²) in [6.07, 6.45) is 3.12. The zero-order valence-electron chi connectivity index (χ0n) is 17.4. The topological polar surface area (TPSA) is 44.7 Å². The van der Waals surface area contributed by atoms with Crippen LogP contribution in [0.2, 0.25) is 0 Å². The molecule has 0 saturated heterocycles. The number of nitrogens with zero attached hydrogens (tertiary/aromatic N) is 2. The monoisotopic (exact) mass is 377 g/mol. The van der Waals surface area contributed by atoms with E-state index in [4.69, 9.17) is 5.10 Å². The number of nitrogens with one attached hydrogen (secondary N) is 1. The molecule has 0 aliphatic carbocycles. The smallest absolute Gasteiger partial charge is 0.328 e. The highest BCUT2D eigenvalue weighted by Gasteiger charge is 2.39. The Labute approximate surface area is 168 Å². The van der Waals surface area contributed by atoms with Crippen LogP contribution in [0.5, 0.6) is 0 Å². The molecule has 1 heterocycles. The Morgan fingerprint density at radius 1 is 1.07 bits per heavy atom. The molecule has 3 rings (SSSR count). The van der Waals surface area contributed by atoms with E-state index in [-0.39, 0.29) is 18.0 Å². The van der Waals surface area contributed by atoms with E-state index in [0.717, 1.165) is 30.5 Å². The molecule has 2 atom stereocenters. The van der Waals surface area contributed by atoms with Gasteiger partial charge in [-0.15, -0.1) is 0 Å². The highest BCUT2D eigenvalue weighted by molar-refractivity contribution is 5.95. The lowest BCUT2D eigenvalue weighted by molar-refractivity contribution is 0.176. The van der Waals surface area contributed by atoms with Crippen LogP contribution in [0.15, 0.2) is 65.8 Å². The number of unbranched alkanes of at least 4 members (excludes halogenated alkanes) is 1. The van der Waals surface area contributed by atoms with Crippen molar-refractivity contribution in [2.24, 2.45) is 5.10 Å². The number of carbonyl (C=O) groups excluding carboxylic acids is 1. The summed E-state index contributed by atoms with van der Waals surface area (Å²) in [6, 6.07) is 20.3. The summed E-state index contributed by atoms with van der Waals surface area (Å²) in [4.78, 5) is 13.1. The number of hydrazone groups is 1. The van der Waals surface area contributed by atoms with Crippen LogP contribution in [0.3, 0.4) is 0 Å². The van der Waals surface area contributed by atoms with Crippen LogP contribution < -0.4 is 5.32 Å². The molecule has 4 heteroatoms. The second-order valence-electron chi connectivity index (χ2n) is 8.09. The lowest BCUT2D eigenvalue weighted by atomic mass is 9.87. The van der Waals surface area contributed by atoms with Gasteiger partial charge in [0.05, 0.1) is 11.6 Å². The van der Waals surface area contributed by atoms with Crippen LogP contribution in [-0.2, 0) is 5.54 Å². The molecule has 28 heavy (non-hydrogen) atoms. The van der Waals surface area contributed by atoms with Crippen molar-refractivity contribution in [2.75, 3.05) is 0 Å². The molecule has 0 spiro atoms. The molecule has 148 valence electrons. The predicted octanol–water partition coefficient (Wildman–Crippen LogP) is 5.67. The maximum Gasteiger partial charge on any atom is 0.338 e. The first-order valence-electron chi connectivity index (χ1n) is 10.2. The Balaban J connectivity index is 1.82. The Morgan fingerprint density at radius 3 is 2.29 bits per heavy atom. The lowest BCUT2D eigenvalue weighted by Crippen LogP contribution is -2.48. The molecule has 2 aromatic rings. The summed E-state index contributed by atoms with van der Waals surface area (Å²) in [5, 5.41) is 9.60. The number of amides is 2.